The molecule has 0 N–H and O–H groups in total. The van der Waals surface area contributed by atoms with Gasteiger partial charge in [0.2, 0.25) is 0 Å². The quantitative estimate of drug-likeness (QED) is 0.486. The van der Waals surface area contributed by atoms with Crippen molar-refractivity contribution >= 4 is 16.9 Å². The molecule has 1 saturated heterocycles. The molecule has 1 aliphatic rings. The summed E-state index contributed by atoms with van der Waals surface area (Å²) in [6, 6.07) is 5.44. The number of piperidine rings is 1. The van der Waals surface area contributed by atoms with Crippen LogP contribution in [0.2, 0.25) is 0 Å². The van der Waals surface area contributed by atoms with Gasteiger partial charge in [0.1, 0.15) is 11.3 Å². The van der Waals surface area contributed by atoms with Crippen molar-refractivity contribution in [2.45, 2.75) is 32.1 Å². The molecule has 4 aromatic heterocycles. The van der Waals surface area contributed by atoms with Crippen molar-refractivity contribution in [1.29, 1.82) is 0 Å². The summed E-state index contributed by atoms with van der Waals surface area (Å²) < 4.78 is 28.6. The third kappa shape index (κ3) is 3.70. The van der Waals surface area contributed by atoms with Crippen LogP contribution in [-0.4, -0.2) is 64.6 Å². The zero-order valence-electron chi connectivity index (χ0n) is 17.3. The molecule has 0 unspecified atom stereocenters. The third-order valence-electron chi connectivity index (χ3n) is 5.55. The number of likely N-dealkylation sites (tertiary alicyclic amines) is 1. The van der Waals surface area contributed by atoms with Gasteiger partial charge >= 0.3 is 0 Å². The number of carbonyl (C=O) groups excluding carboxylic acids is 1. The number of aryl methyl sites for hydroxylation is 1. The van der Waals surface area contributed by atoms with E-state index in [0.717, 1.165) is 11.1 Å². The molecule has 1 amide bonds. The summed E-state index contributed by atoms with van der Waals surface area (Å²) in [5, 5.41) is 13.1. The first kappa shape index (κ1) is 20.2. The van der Waals surface area contributed by atoms with Crippen LogP contribution in [0.4, 0.5) is 8.78 Å². The topological polar surface area (TPSA) is 94.6 Å². The SMILES string of the molecule is CCc1nnn(-c2cncc(-n3ccc4cc(C(=O)N5CCC(F)(F)CC5)cnc43)c2)n1. The van der Waals surface area contributed by atoms with Crippen LogP contribution in [-0.2, 0) is 6.42 Å². The summed E-state index contributed by atoms with van der Waals surface area (Å²) in [6.45, 7) is 2.03. The summed E-state index contributed by atoms with van der Waals surface area (Å²) in [5.74, 6) is -2.34. The molecule has 1 fully saturated rings. The Morgan fingerprint density at radius 3 is 2.66 bits per heavy atom. The molecule has 0 aromatic carbocycles. The number of fused-ring (bicyclic) bond motifs is 1. The second-order valence-electron chi connectivity index (χ2n) is 7.72. The predicted molar refractivity (Wildman–Crippen MR) is 111 cm³/mol. The minimum absolute atomic E-state index is 0.0411. The highest BCUT2D eigenvalue weighted by atomic mass is 19.3. The van der Waals surface area contributed by atoms with Crippen LogP contribution in [0.25, 0.3) is 22.4 Å². The normalized spacial score (nSPS) is 15.9. The number of nitrogens with zero attached hydrogens (tertiary/aromatic N) is 8. The zero-order chi connectivity index (χ0) is 22.3. The molecule has 0 bridgehead atoms. The number of carbonyl (C=O) groups is 1. The van der Waals surface area contributed by atoms with Crippen molar-refractivity contribution in [3.63, 3.8) is 0 Å². The summed E-state index contributed by atoms with van der Waals surface area (Å²) in [6.07, 6.45) is 6.71. The number of rotatable bonds is 4. The number of halogens is 2. The van der Waals surface area contributed by atoms with Gasteiger partial charge in [0.05, 0.1) is 23.6 Å². The average Bonchev–Trinajstić information content (AvgIpc) is 3.45. The van der Waals surface area contributed by atoms with Gasteiger partial charge in [-0.3, -0.25) is 14.3 Å². The Balaban J connectivity index is 1.42. The molecule has 11 heteroatoms. The maximum Gasteiger partial charge on any atom is 0.255 e. The summed E-state index contributed by atoms with van der Waals surface area (Å²) in [4.78, 5) is 24.4. The van der Waals surface area contributed by atoms with Crippen LogP contribution in [0.15, 0.2) is 43.0 Å². The van der Waals surface area contributed by atoms with Crippen LogP contribution < -0.4 is 0 Å². The molecule has 1 aliphatic heterocycles. The molecule has 164 valence electrons. The lowest BCUT2D eigenvalue weighted by Crippen LogP contribution is -2.42. The van der Waals surface area contributed by atoms with Crippen molar-refractivity contribution in [1.82, 2.24) is 39.6 Å². The van der Waals surface area contributed by atoms with E-state index in [0.29, 0.717) is 29.1 Å². The second kappa shape index (κ2) is 7.74. The van der Waals surface area contributed by atoms with Gasteiger partial charge in [-0.05, 0) is 23.4 Å². The Bertz CT molecular complexity index is 1290. The highest BCUT2D eigenvalue weighted by Crippen LogP contribution is 2.29. The number of amides is 1. The molecule has 0 saturated carbocycles. The minimum Gasteiger partial charge on any atom is -0.338 e. The van der Waals surface area contributed by atoms with Gasteiger partial charge in [0.15, 0.2) is 5.82 Å². The van der Waals surface area contributed by atoms with Crippen LogP contribution in [0.3, 0.4) is 0 Å². The van der Waals surface area contributed by atoms with E-state index in [1.807, 2.05) is 29.8 Å². The number of hydrogen-bond acceptors (Lipinski definition) is 6. The van der Waals surface area contributed by atoms with E-state index in [9.17, 15) is 13.6 Å². The molecule has 5 heterocycles. The molecule has 0 aliphatic carbocycles. The molecule has 32 heavy (non-hydrogen) atoms. The van der Waals surface area contributed by atoms with Gasteiger partial charge in [-0.2, -0.15) is 0 Å². The average molecular weight is 438 g/mol. The largest absolute Gasteiger partial charge is 0.338 e. The molecule has 0 radical (unpaired) electrons. The van der Waals surface area contributed by atoms with Crippen LogP contribution in [0, 0.1) is 0 Å². The zero-order valence-corrected chi connectivity index (χ0v) is 17.3. The maximum absolute atomic E-state index is 13.4. The van der Waals surface area contributed by atoms with E-state index < -0.39 is 5.92 Å². The van der Waals surface area contributed by atoms with E-state index in [1.54, 1.807) is 18.5 Å². The number of pyridine rings is 2. The first-order valence-corrected chi connectivity index (χ1v) is 10.3. The fraction of sp³-hybridized carbons (Fsp3) is 0.333. The van der Waals surface area contributed by atoms with E-state index in [1.165, 1.54) is 15.9 Å². The highest BCUT2D eigenvalue weighted by molar-refractivity contribution is 5.97. The first-order valence-electron chi connectivity index (χ1n) is 10.3. The van der Waals surface area contributed by atoms with Gasteiger partial charge in [-0.1, -0.05) is 6.92 Å². The monoisotopic (exact) mass is 438 g/mol. The third-order valence-corrected chi connectivity index (χ3v) is 5.55. The molecule has 9 nitrogen and oxygen atoms in total. The van der Waals surface area contributed by atoms with Crippen molar-refractivity contribution < 1.29 is 13.6 Å². The van der Waals surface area contributed by atoms with Crippen LogP contribution >= 0.6 is 0 Å². The molecule has 0 spiro atoms. The lowest BCUT2D eigenvalue weighted by Gasteiger charge is -2.31. The number of alkyl halides is 2. The number of tetrazole rings is 1. The van der Waals surface area contributed by atoms with Gasteiger partial charge in [-0.15, -0.1) is 15.0 Å². The van der Waals surface area contributed by atoms with Gasteiger partial charge < -0.3 is 4.90 Å². The number of aromatic nitrogens is 7. The standard InChI is InChI=1S/C21H20F2N8O/c1-2-18-26-28-31(27-18)17-10-16(12-24-13-17)30-6-3-14-9-15(11-25-19(14)30)20(32)29-7-4-21(22,23)5-8-29/h3,6,9-13H,2,4-5,7-8H2,1H3. The first-order chi connectivity index (χ1) is 15.4. The molecular weight excluding hydrogens is 418 g/mol. The van der Waals surface area contributed by atoms with Crippen LogP contribution in [0.1, 0.15) is 35.9 Å². The van der Waals surface area contributed by atoms with Crippen molar-refractivity contribution in [3.05, 3.63) is 54.4 Å². The Morgan fingerprint density at radius 2 is 1.91 bits per heavy atom. The smallest absolute Gasteiger partial charge is 0.255 e. The van der Waals surface area contributed by atoms with Gasteiger partial charge in [0.25, 0.3) is 11.8 Å². The fourth-order valence-electron chi connectivity index (χ4n) is 3.72. The molecule has 5 rings (SSSR count). The van der Waals surface area contributed by atoms with E-state index in [-0.39, 0.29) is 31.8 Å². The van der Waals surface area contributed by atoms with Crippen LogP contribution in [0.5, 0.6) is 0 Å². The van der Waals surface area contributed by atoms with E-state index in [2.05, 4.69) is 25.4 Å². The van der Waals surface area contributed by atoms with Crippen molar-refractivity contribution in [2.24, 2.45) is 0 Å². The maximum atomic E-state index is 13.4. The fourth-order valence-corrected chi connectivity index (χ4v) is 3.72. The van der Waals surface area contributed by atoms with Gasteiger partial charge in [0, 0.05) is 50.1 Å². The van der Waals surface area contributed by atoms with Crippen molar-refractivity contribution in [2.75, 3.05) is 13.1 Å². The molecular formula is C21H20F2N8O. The summed E-state index contributed by atoms with van der Waals surface area (Å²) in [5.41, 5.74) is 2.43. The molecule has 4 aromatic rings. The Morgan fingerprint density at radius 1 is 1.12 bits per heavy atom. The van der Waals surface area contributed by atoms with E-state index >= 15 is 0 Å². The second-order valence-corrected chi connectivity index (χ2v) is 7.72. The van der Waals surface area contributed by atoms with E-state index in [4.69, 9.17) is 0 Å². The Labute approximate surface area is 181 Å². The summed E-state index contributed by atoms with van der Waals surface area (Å²) in [7, 11) is 0. The lowest BCUT2D eigenvalue weighted by molar-refractivity contribution is -0.0494. The van der Waals surface area contributed by atoms with Crippen molar-refractivity contribution in [3.8, 4) is 11.4 Å². The highest BCUT2D eigenvalue weighted by Gasteiger charge is 2.35. The molecule has 0 atom stereocenters. The Hall–Kier alpha value is -3.76. The minimum atomic E-state index is -2.70. The summed E-state index contributed by atoms with van der Waals surface area (Å²) >= 11 is 0. The predicted octanol–water partition coefficient (Wildman–Crippen LogP) is 2.83. The van der Waals surface area contributed by atoms with Gasteiger partial charge in [-0.25, -0.2) is 13.8 Å². The Kier molecular flexibility index (Phi) is 4.87. The number of hydrogen-bond donors (Lipinski definition) is 0. The lowest BCUT2D eigenvalue weighted by atomic mass is 10.1.